The van der Waals surface area contributed by atoms with Crippen molar-refractivity contribution in [2.24, 2.45) is 0 Å². The van der Waals surface area contributed by atoms with Gasteiger partial charge >= 0.3 is 0 Å². The third-order valence-corrected chi connectivity index (χ3v) is 12.7. The van der Waals surface area contributed by atoms with Gasteiger partial charge in [0.15, 0.2) is 17.5 Å². The molecule has 1 aliphatic rings. The van der Waals surface area contributed by atoms with E-state index in [9.17, 15) is 8.42 Å². The predicted octanol–water partition coefficient (Wildman–Crippen LogP) is 11.2. The molecule has 9 aromatic rings. The lowest BCUT2D eigenvalue weighted by atomic mass is 9.64. The average molecular weight is 740 g/mol. The molecule has 0 aliphatic carbocycles. The zero-order chi connectivity index (χ0) is 37.7. The van der Waals surface area contributed by atoms with Crippen LogP contribution in [0.2, 0.25) is 0 Å². The van der Waals surface area contributed by atoms with Crippen molar-refractivity contribution in [3.8, 4) is 45.3 Å². The van der Waals surface area contributed by atoms with Crippen LogP contribution in [0.3, 0.4) is 0 Å². The highest BCUT2D eigenvalue weighted by atomic mass is 32.2. The van der Waals surface area contributed by atoms with E-state index in [0.29, 0.717) is 27.3 Å². The molecule has 0 bridgehead atoms. The van der Waals surface area contributed by atoms with Gasteiger partial charge in [-0.2, -0.15) is 0 Å². The number of rotatable bonds is 6. The molecule has 5 nitrogen and oxygen atoms in total. The minimum Gasteiger partial charge on any atom is -0.218 e. The van der Waals surface area contributed by atoms with Gasteiger partial charge in [-0.15, -0.1) is 0 Å². The Morgan fingerprint density at radius 1 is 0.339 bits per heavy atom. The predicted molar refractivity (Wildman–Crippen MR) is 223 cm³/mol. The van der Waals surface area contributed by atoms with Crippen molar-refractivity contribution in [2.75, 3.05) is 0 Å². The Hall–Kier alpha value is -7.02. The molecule has 56 heavy (non-hydrogen) atoms. The first-order chi connectivity index (χ1) is 27.5. The summed E-state index contributed by atoms with van der Waals surface area (Å²) in [6.07, 6.45) is 0. The molecule has 0 atom stereocenters. The maximum absolute atomic E-state index is 14.1. The first-order valence-corrected chi connectivity index (χ1v) is 20.0. The second-order valence-corrected chi connectivity index (χ2v) is 15.9. The molecule has 0 fully saturated rings. The number of nitrogens with zero attached hydrogens (tertiary/aromatic N) is 3. The number of hydrogen-bond acceptors (Lipinski definition) is 5. The van der Waals surface area contributed by atoms with Crippen LogP contribution in [0.1, 0.15) is 22.3 Å². The highest BCUT2D eigenvalue weighted by Crippen LogP contribution is 2.53. The van der Waals surface area contributed by atoms with Crippen molar-refractivity contribution in [1.82, 2.24) is 15.0 Å². The number of benzene rings is 8. The minimum atomic E-state index is -3.75. The Morgan fingerprint density at radius 3 is 1.46 bits per heavy atom. The first-order valence-electron chi connectivity index (χ1n) is 18.5. The molecule has 1 aliphatic heterocycles. The lowest BCUT2D eigenvalue weighted by molar-refractivity contribution is 0.579. The number of hydrogen-bond donors (Lipinski definition) is 0. The van der Waals surface area contributed by atoms with Crippen LogP contribution in [-0.2, 0) is 15.3 Å². The summed E-state index contributed by atoms with van der Waals surface area (Å²) in [4.78, 5) is 15.6. The zero-order valence-corrected chi connectivity index (χ0v) is 30.9. The lowest BCUT2D eigenvalue weighted by Crippen LogP contribution is -2.37. The lowest BCUT2D eigenvalue weighted by Gasteiger charge is -2.41. The van der Waals surface area contributed by atoms with Crippen molar-refractivity contribution >= 4 is 20.6 Å². The summed E-state index contributed by atoms with van der Waals surface area (Å²) in [6, 6.07) is 66.4. The van der Waals surface area contributed by atoms with Crippen LogP contribution >= 0.6 is 0 Å². The van der Waals surface area contributed by atoms with Crippen LogP contribution in [-0.4, -0.2) is 23.4 Å². The Balaban J connectivity index is 1.10. The van der Waals surface area contributed by atoms with E-state index in [-0.39, 0.29) is 0 Å². The second kappa shape index (κ2) is 13.4. The van der Waals surface area contributed by atoms with Gasteiger partial charge in [0.1, 0.15) is 0 Å². The summed E-state index contributed by atoms with van der Waals surface area (Å²) in [6.45, 7) is 0. The Labute approximate surface area is 325 Å². The van der Waals surface area contributed by atoms with Crippen molar-refractivity contribution in [3.05, 3.63) is 222 Å². The normalized spacial score (nSPS) is 13.8. The van der Waals surface area contributed by atoms with Gasteiger partial charge in [0.05, 0.1) is 15.2 Å². The van der Waals surface area contributed by atoms with Gasteiger partial charge in [0.2, 0.25) is 9.84 Å². The van der Waals surface area contributed by atoms with Crippen LogP contribution in [0.25, 0.3) is 56.1 Å². The smallest absolute Gasteiger partial charge is 0.207 e. The third-order valence-electron chi connectivity index (χ3n) is 10.8. The molecule has 0 saturated carbocycles. The van der Waals surface area contributed by atoms with Crippen LogP contribution in [0, 0.1) is 0 Å². The van der Waals surface area contributed by atoms with Crippen molar-refractivity contribution < 1.29 is 8.42 Å². The van der Waals surface area contributed by atoms with E-state index in [0.717, 1.165) is 60.8 Å². The molecule has 10 rings (SSSR count). The van der Waals surface area contributed by atoms with E-state index < -0.39 is 15.3 Å². The molecular formula is C50H33N3O2S. The van der Waals surface area contributed by atoms with Crippen molar-refractivity contribution in [3.63, 3.8) is 0 Å². The molecule has 1 aromatic heterocycles. The Bertz CT molecular complexity index is 2980. The SMILES string of the molecule is O=S1(=O)c2ccccc2C(c2ccccc2)(c2cccc(-c3ccc(-c4nc(-c5ccccc5)nc(-c5ccc6ccccc6c5)n4)cc3)c2)c2ccccc21. The molecule has 6 heteroatoms. The quantitative estimate of drug-likeness (QED) is 0.170. The van der Waals surface area contributed by atoms with Gasteiger partial charge in [-0.1, -0.05) is 176 Å². The van der Waals surface area contributed by atoms with Gasteiger partial charge in [0.25, 0.3) is 0 Å². The topological polar surface area (TPSA) is 72.8 Å². The van der Waals surface area contributed by atoms with Gasteiger partial charge < -0.3 is 0 Å². The fraction of sp³-hybridized carbons (Fsp3) is 0.0200. The van der Waals surface area contributed by atoms with E-state index in [1.54, 1.807) is 24.3 Å². The zero-order valence-electron chi connectivity index (χ0n) is 30.1. The first kappa shape index (κ1) is 33.5. The molecule has 2 heterocycles. The van der Waals surface area contributed by atoms with E-state index in [2.05, 4.69) is 91.0 Å². The summed E-state index contributed by atoms with van der Waals surface area (Å²) in [7, 11) is -3.75. The summed E-state index contributed by atoms with van der Waals surface area (Å²) >= 11 is 0. The fourth-order valence-electron chi connectivity index (χ4n) is 8.18. The molecule has 0 amide bonds. The second-order valence-electron chi connectivity index (χ2n) is 14.0. The Kier molecular flexibility index (Phi) is 8.01. The molecule has 0 unspecified atom stereocenters. The molecule has 0 radical (unpaired) electrons. The number of aromatic nitrogens is 3. The minimum absolute atomic E-state index is 0.326. The number of sulfone groups is 1. The van der Waals surface area contributed by atoms with Crippen molar-refractivity contribution in [1.29, 1.82) is 0 Å². The summed E-state index contributed by atoms with van der Waals surface area (Å²) in [5.41, 5.74) is 7.29. The standard InChI is InChI=1S/C50H33N3O2S/c54-56(55)45-24-11-9-22-43(45)50(41-19-5-2-6-20-41,44-23-10-12-25-46(44)56)42-21-13-18-39(33-42)35-26-29-37(30-27-35)48-51-47(36-15-3-1-4-16-36)52-49(53-48)40-31-28-34-14-7-8-17-38(34)32-40/h1-33H. The highest BCUT2D eigenvalue weighted by molar-refractivity contribution is 7.91. The third kappa shape index (κ3) is 5.45. The van der Waals surface area contributed by atoms with E-state index >= 15 is 0 Å². The van der Waals surface area contributed by atoms with Crippen LogP contribution < -0.4 is 0 Å². The molecule has 8 aromatic carbocycles. The van der Waals surface area contributed by atoms with E-state index in [4.69, 9.17) is 15.0 Å². The average Bonchev–Trinajstić information content (AvgIpc) is 3.27. The maximum Gasteiger partial charge on any atom is 0.207 e. The van der Waals surface area contributed by atoms with Crippen LogP contribution in [0.5, 0.6) is 0 Å². The van der Waals surface area contributed by atoms with Crippen LogP contribution in [0.15, 0.2) is 210 Å². The van der Waals surface area contributed by atoms with Crippen molar-refractivity contribution in [2.45, 2.75) is 15.2 Å². The molecule has 266 valence electrons. The van der Waals surface area contributed by atoms with E-state index in [1.165, 1.54) is 0 Å². The highest BCUT2D eigenvalue weighted by Gasteiger charge is 2.48. The largest absolute Gasteiger partial charge is 0.218 e. The summed E-state index contributed by atoms with van der Waals surface area (Å²) in [5, 5.41) is 2.28. The fourth-order valence-corrected chi connectivity index (χ4v) is 9.96. The molecular weight excluding hydrogens is 707 g/mol. The summed E-state index contributed by atoms with van der Waals surface area (Å²) in [5.74, 6) is 1.80. The summed E-state index contributed by atoms with van der Waals surface area (Å²) < 4.78 is 28.2. The van der Waals surface area contributed by atoms with E-state index in [1.807, 2.05) is 84.9 Å². The Morgan fingerprint density at radius 2 is 0.804 bits per heavy atom. The number of fused-ring (bicyclic) bond motifs is 3. The van der Waals surface area contributed by atoms with Gasteiger partial charge in [0, 0.05) is 16.7 Å². The van der Waals surface area contributed by atoms with Crippen LogP contribution in [0.4, 0.5) is 0 Å². The monoisotopic (exact) mass is 739 g/mol. The molecule has 0 saturated heterocycles. The maximum atomic E-state index is 14.1. The van der Waals surface area contributed by atoms with Gasteiger partial charge in [-0.05, 0) is 68.4 Å². The molecule has 0 spiro atoms. The molecule has 0 N–H and O–H groups in total. The van der Waals surface area contributed by atoms with Gasteiger partial charge in [-0.3, -0.25) is 0 Å². The van der Waals surface area contributed by atoms with Gasteiger partial charge in [-0.25, -0.2) is 23.4 Å².